The molecular weight excluding hydrogens is 377 g/mol. The molecule has 7 nitrogen and oxygen atoms in total. The zero-order chi connectivity index (χ0) is 18.7. The van der Waals surface area contributed by atoms with Crippen LogP contribution in [0, 0.1) is 6.92 Å². The highest BCUT2D eigenvalue weighted by molar-refractivity contribution is 6.36. The smallest absolute Gasteiger partial charge is 0.232 e. The molecule has 0 fully saturated rings. The van der Waals surface area contributed by atoms with Crippen molar-refractivity contribution in [1.82, 2.24) is 19.6 Å². The maximum atomic E-state index is 6.26. The summed E-state index contributed by atoms with van der Waals surface area (Å²) in [6.07, 6.45) is 1.76. The van der Waals surface area contributed by atoms with Gasteiger partial charge in [-0.3, -0.25) is 0 Å². The third-order valence-corrected chi connectivity index (χ3v) is 4.41. The summed E-state index contributed by atoms with van der Waals surface area (Å²) in [7, 11) is 3.31. The zero-order valence-electron chi connectivity index (χ0n) is 14.7. The quantitative estimate of drug-likeness (QED) is 0.654. The fraction of sp³-hybridized carbons (Fsp3) is 0.353. The molecule has 2 heterocycles. The Hall–Kier alpha value is -1.93. The van der Waals surface area contributed by atoms with Gasteiger partial charge in [0, 0.05) is 30.7 Å². The Labute approximate surface area is 161 Å². The molecule has 0 saturated heterocycles. The Morgan fingerprint density at radius 3 is 2.54 bits per heavy atom. The largest absolute Gasteiger partial charge is 0.384 e. The minimum Gasteiger partial charge on any atom is -0.384 e. The summed E-state index contributed by atoms with van der Waals surface area (Å²) in [5.41, 5.74) is 2.31. The van der Waals surface area contributed by atoms with Gasteiger partial charge in [-0.2, -0.15) is 14.6 Å². The molecule has 0 unspecified atom stereocenters. The van der Waals surface area contributed by atoms with Crippen molar-refractivity contribution in [3.63, 3.8) is 0 Å². The minimum absolute atomic E-state index is 0.0174. The molecule has 138 valence electrons. The first-order valence-corrected chi connectivity index (χ1v) is 8.71. The summed E-state index contributed by atoms with van der Waals surface area (Å²) in [6, 6.07) is 5.21. The number of fused-ring (bicyclic) bond motifs is 1. The molecule has 0 aliphatic carbocycles. The molecule has 0 aliphatic rings. The fourth-order valence-corrected chi connectivity index (χ4v) is 3.17. The number of nitrogens with zero attached hydrogens (tertiary/aromatic N) is 4. The average Bonchev–Trinajstić information content (AvgIpc) is 3.01. The summed E-state index contributed by atoms with van der Waals surface area (Å²) >= 11 is 12.2. The molecule has 3 rings (SSSR count). The molecule has 2 aromatic heterocycles. The molecule has 1 N–H and O–H groups in total. The van der Waals surface area contributed by atoms with Gasteiger partial charge in [-0.25, -0.2) is 4.98 Å². The molecule has 26 heavy (non-hydrogen) atoms. The van der Waals surface area contributed by atoms with Crippen LogP contribution in [0.2, 0.25) is 10.0 Å². The third kappa shape index (κ3) is 3.91. The molecule has 0 aliphatic heterocycles. The summed E-state index contributed by atoms with van der Waals surface area (Å²) in [5.74, 6) is 1.14. The van der Waals surface area contributed by atoms with E-state index >= 15 is 0 Å². The van der Waals surface area contributed by atoms with E-state index in [2.05, 4.69) is 20.4 Å². The summed E-state index contributed by atoms with van der Waals surface area (Å²) in [4.78, 5) is 8.99. The van der Waals surface area contributed by atoms with E-state index in [1.165, 1.54) is 0 Å². The first-order valence-electron chi connectivity index (χ1n) is 7.95. The zero-order valence-corrected chi connectivity index (χ0v) is 16.2. The summed E-state index contributed by atoms with van der Waals surface area (Å²) in [5, 5.41) is 8.69. The number of hydrogen-bond donors (Lipinski definition) is 1. The van der Waals surface area contributed by atoms with Crippen LogP contribution in [-0.2, 0) is 9.47 Å². The fourth-order valence-electron chi connectivity index (χ4n) is 2.71. The van der Waals surface area contributed by atoms with Crippen LogP contribution in [0.3, 0.4) is 0 Å². The van der Waals surface area contributed by atoms with Crippen molar-refractivity contribution in [2.24, 2.45) is 0 Å². The lowest BCUT2D eigenvalue weighted by Gasteiger charge is -2.14. The second kappa shape index (κ2) is 8.18. The Morgan fingerprint density at radius 2 is 1.88 bits per heavy atom. The van der Waals surface area contributed by atoms with E-state index in [-0.39, 0.29) is 5.92 Å². The monoisotopic (exact) mass is 395 g/mol. The number of aromatic nitrogens is 4. The average molecular weight is 396 g/mol. The van der Waals surface area contributed by atoms with E-state index in [1.54, 1.807) is 43.1 Å². The number of halogens is 2. The number of aryl methyl sites for hydroxylation is 1. The number of rotatable bonds is 7. The molecule has 0 saturated carbocycles. The van der Waals surface area contributed by atoms with E-state index in [9.17, 15) is 0 Å². The van der Waals surface area contributed by atoms with Gasteiger partial charge in [0.2, 0.25) is 5.95 Å². The minimum atomic E-state index is 0.0174. The molecule has 3 aromatic rings. The molecule has 0 bridgehead atoms. The van der Waals surface area contributed by atoms with Gasteiger partial charge in [0.05, 0.1) is 30.1 Å². The standard InChI is InChI=1S/C17H19Cl2N5O2/c1-10-21-16-13(11(8-25-2)9-26-3)7-20-24(16)17(22-10)23-15-5-4-12(18)6-14(15)19/h4-7,11H,8-9H2,1-3H3,(H,21,22,23). The van der Waals surface area contributed by atoms with Crippen LogP contribution in [0.25, 0.3) is 5.65 Å². The predicted octanol–water partition coefficient (Wildman–Crippen LogP) is 3.86. The van der Waals surface area contributed by atoms with E-state index in [0.717, 1.165) is 5.56 Å². The predicted molar refractivity (Wildman–Crippen MR) is 102 cm³/mol. The Balaban J connectivity index is 2.04. The van der Waals surface area contributed by atoms with Crippen LogP contribution >= 0.6 is 23.2 Å². The van der Waals surface area contributed by atoms with Gasteiger partial charge in [-0.05, 0) is 25.1 Å². The lowest BCUT2D eigenvalue weighted by molar-refractivity contribution is 0.117. The first kappa shape index (κ1) is 18.8. The van der Waals surface area contributed by atoms with E-state index in [4.69, 9.17) is 32.7 Å². The first-order chi connectivity index (χ1) is 12.5. The van der Waals surface area contributed by atoms with Gasteiger partial charge >= 0.3 is 0 Å². The number of methoxy groups -OCH3 is 2. The number of ether oxygens (including phenoxy) is 2. The molecule has 0 radical (unpaired) electrons. The van der Waals surface area contributed by atoms with Crippen LogP contribution in [0.5, 0.6) is 0 Å². The van der Waals surface area contributed by atoms with Crippen molar-refractivity contribution in [3.8, 4) is 0 Å². The Bertz CT molecular complexity index is 910. The van der Waals surface area contributed by atoms with Crippen LogP contribution < -0.4 is 5.32 Å². The lowest BCUT2D eigenvalue weighted by atomic mass is 10.0. The highest BCUT2D eigenvalue weighted by Crippen LogP contribution is 2.29. The van der Waals surface area contributed by atoms with Crippen LogP contribution in [0.4, 0.5) is 11.6 Å². The molecule has 0 atom stereocenters. The third-order valence-electron chi connectivity index (χ3n) is 3.86. The highest BCUT2D eigenvalue weighted by Gasteiger charge is 2.20. The van der Waals surface area contributed by atoms with Crippen LogP contribution in [0.15, 0.2) is 24.4 Å². The van der Waals surface area contributed by atoms with E-state index in [1.807, 2.05) is 6.92 Å². The van der Waals surface area contributed by atoms with E-state index < -0.39 is 0 Å². The van der Waals surface area contributed by atoms with Gasteiger partial charge in [-0.1, -0.05) is 23.2 Å². The topological polar surface area (TPSA) is 73.6 Å². The number of nitrogens with one attached hydrogen (secondary N) is 1. The van der Waals surface area contributed by atoms with Gasteiger partial charge in [0.1, 0.15) is 5.82 Å². The van der Waals surface area contributed by atoms with Gasteiger partial charge < -0.3 is 14.8 Å². The van der Waals surface area contributed by atoms with Crippen molar-refractivity contribution in [2.45, 2.75) is 12.8 Å². The second-order valence-corrected chi connectivity index (χ2v) is 6.63. The van der Waals surface area contributed by atoms with Crippen molar-refractivity contribution < 1.29 is 9.47 Å². The van der Waals surface area contributed by atoms with Crippen molar-refractivity contribution in [3.05, 3.63) is 45.8 Å². The van der Waals surface area contributed by atoms with Gasteiger partial charge in [-0.15, -0.1) is 0 Å². The number of anilines is 2. The maximum absolute atomic E-state index is 6.26. The summed E-state index contributed by atoms with van der Waals surface area (Å²) < 4.78 is 12.3. The van der Waals surface area contributed by atoms with E-state index in [0.29, 0.717) is 46.4 Å². The van der Waals surface area contributed by atoms with Gasteiger partial charge in [0.15, 0.2) is 5.65 Å². The number of hydrogen-bond acceptors (Lipinski definition) is 6. The normalized spacial score (nSPS) is 11.5. The highest BCUT2D eigenvalue weighted by atomic mass is 35.5. The molecule has 1 aromatic carbocycles. The SMILES string of the molecule is COCC(COC)c1cnn2c(Nc3ccc(Cl)cc3Cl)nc(C)nc12. The second-order valence-electron chi connectivity index (χ2n) is 5.79. The number of benzene rings is 1. The maximum Gasteiger partial charge on any atom is 0.232 e. The van der Waals surface area contributed by atoms with Crippen LogP contribution in [0.1, 0.15) is 17.3 Å². The van der Waals surface area contributed by atoms with Crippen LogP contribution in [-0.4, -0.2) is 47.0 Å². The molecule has 0 spiro atoms. The Morgan fingerprint density at radius 1 is 1.15 bits per heavy atom. The van der Waals surface area contributed by atoms with Gasteiger partial charge in [0.25, 0.3) is 0 Å². The molecule has 0 amide bonds. The lowest BCUT2D eigenvalue weighted by Crippen LogP contribution is -2.13. The van der Waals surface area contributed by atoms with Crippen molar-refractivity contribution >= 4 is 40.5 Å². The molecule has 9 heteroatoms. The van der Waals surface area contributed by atoms with Crippen molar-refractivity contribution in [2.75, 3.05) is 32.8 Å². The molecular formula is C17H19Cl2N5O2. The summed E-state index contributed by atoms with van der Waals surface area (Å²) in [6.45, 7) is 2.83. The Kier molecular flexibility index (Phi) is 5.93. The van der Waals surface area contributed by atoms with Crippen molar-refractivity contribution in [1.29, 1.82) is 0 Å².